The fourth-order valence-electron chi connectivity index (χ4n) is 3.10. The molecular formula is C20H34IN5O. The van der Waals surface area contributed by atoms with Crippen LogP contribution in [-0.2, 0) is 17.8 Å². The molecule has 0 spiro atoms. The van der Waals surface area contributed by atoms with E-state index in [2.05, 4.69) is 50.1 Å². The van der Waals surface area contributed by atoms with E-state index in [1.165, 1.54) is 11.1 Å². The molecule has 0 unspecified atom stereocenters. The van der Waals surface area contributed by atoms with Crippen LogP contribution in [0.3, 0.4) is 0 Å². The van der Waals surface area contributed by atoms with E-state index in [1.807, 2.05) is 20.8 Å². The molecule has 3 N–H and O–H groups in total. The number of benzene rings is 1. The monoisotopic (exact) mass is 487 g/mol. The first-order valence-electron chi connectivity index (χ1n) is 9.42. The molecule has 1 heterocycles. The number of aliphatic imine (C=N–C) groups is 1. The molecule has 1 aliphatic heterocycles. The lowest BCUT2D eigenvalue weighted by Crippen LogP contribution is -2.48. The third-order valence-electron chi connectivity index (χ3n) is 4.31. The predicted molar refractivity (Wildman–Crippen MR) is 123 cm³/mol. The van der Waals surface area contributed by atoms with E-state index in [4.69, 9.17) is 0 Å². The number of amides is 1. The molecule has 1 amide bonds. The molecule has 0 atom stereocenters. The van der Waals surface area contributed by atoms with Crippen LogP contribution in [0.2, 0.25) is 0 Å². The number of hydrogen-bond acceptors (Lipinski definition) is 3. The van der Waals surface area contributed by atoms with E-state index in [1.54, 1.807) is 7.05 Å². The molecule has 0 bridgehead atoms. The van der Waals surface area contributed by atoms with Crippen molar-refractivity contribution < 1.29 is 4.79 Å². The summed E-state index contributed by atoms with van der Waals surface area (Å²) in [6.45, 7) is 10.2. The number of fused-ring (bicyclic) bond motifs is 1. The van der Waals surface area contributed by atoms with E-state index < -0.39 is 0 Å². The Hall–Kier alpha value is -1.35. The molecule has 0 aliphatic carbocycles. The Labute approximate surface area is 180 Å². The maximum Gasteiger partial charge on any atom is 0.239 e. The third-order valence-corrected chi connectivity index (χ3v) is 4.31. The van der Waals surface area contributed by atoms with Gasteiger partial charge in [0.15, 0.2) is 5.96 Å². The van der Waals surface area contributed by atoms with Gasteiger partial charge in [0.2, 0.25) is 5.91 Å². The Kier molecular flexibility index (Phi) is 10.1. The van der Waals surface area contributed by atoms with E-state index in [-0.39, 0.29) is 42.0 Å². The van der Waals surface area contributed by atoms with Crippen LogP contribution in [0.4, 0.5) is 0 Å². The van der Waals surface area contributed by atoms with Crippen LogP contribution >= 0.6 is 24.0 Å². The summed E-state index contributed by atoms with van der Waals surface area (Å²) in [5, 5.41) is 9.26. The van der Waals surface area contributed by atoms with Crippen LogP contribution < -0.4 is 16.0 Å². The molecule has 6 nitrogen and oxygen atoms in total. The summed E-state index contributed by atoms with van der Waals surface area (Å²) >= 11 is 0. The Morgan fingerprint density at radius 3 is 2.56 bits per heavy atom. The summed E-state index contributed by atoms with van der Waals surface area (Å²) < 4.78 is 0. The van der Waals surface area contributed by atoms with E-state index in [9.17, 15) is 4.79 Å². The number of nitrogens with one attached hydrogen (secondary N) is 3. The smallest absolute Gasteiger partial charge is 0.239 e. The maximum atomic E-state index is 11.9. The number of hydrogen-bond donors (Lipinski definition) is 3. The van der Waals surface area contributed by atoms with Crippen molar-refractivity contribution >= 4 is 35.8 Å². The summed E-state index contributed by atoms with van der Waals surface area (Å²) in [4.78, 5) is 18.5. The quantitative estimate of drug-likeness (QED) is 0.249. The normalized spacial score (nSPS) is 14.7. The van der Waals surface area contributed by atoms with Gasteiger partial charge in [0.1, 0.15) is 0 Å². The number of carbonyl (C=O) groups excluding carboxylic acids is 1. The van der Waals surface area contributed by atoms with Gasteiger partial charge in [-0.25, -0.2) is 0 Å². The summed E-state index contributed by atoms with van der Waals surface area (Å²) in [5.74, 6) is 0.630. The summed E-state index contributed by atoms with van der Waals surface area (Å²) in [7, 11) is 1.72. The third kappa shape index (κ3) is 8.92. The summed E-state index contributed by atoms with van der Waals surface area (Å²) in [5.41, 5.74) is 2.72. The predicted octanol–water partition coefficient (Wildman–Crippen LogP) is 2.13. The highest BCUT2D eigenvalue weighted by atomic mass is 127. The second-order valence-corrected chi connectivity index (χ2v) is 7.80. The minimum atomic E-state index is -0.219. The first kappa shape index (κ1) is 23.7. The summed E-state index contributed by atoms with van der Waals surface area (Å²) in [6.07, 6.45) is 2.17. The Balaban J connectivity index is 0.00000364. The second-order valence-electron chi connectivity index (χ2n) is 7.80. The molecule has 1 aromatic carbocycles. The van der Waals surface area contributed by atoms with Gasteiger partial charge in [-0.1, -0.05) is 24.3 Å². The van der Waals surface area contributed by atoms with Crippen LogP contribution in [0.15, 0.2) is 29.3 Å². The lowest BCUT2D eigenvalue weighted by molar-refractivity contribution is -0.121. The standard InChI is InChI=1S/C20H33N5O.HI/c1-20(2,3)24-18(26)14-23-19(21-4)22-11-7-12-25-13-10-16-8-5-6-9-17(16)15-25;/h5-6,8-9H,7,10-15H2,1-4H3,(H,24,26)(H2,21,22,23);1H. The van der Waals surface area contributed by atoms with Crippen molar-refractivity contribution in [2.45, 2.75) is 45.7 Å². The van der Waals surface area contributed by atoms with Gasteiger partial charge < -0.3 is 16.0 Å². The molecular weight excluding hydrogens is 453 g/mol. The molecule has 0 radical (unpaired) electrons. The minimum absolute atomic E-state index is 0. The van der Waals surface area contributed by atoms with E-state index >= 15 is 0 Å². The van der Waals surface area contributed by atoms with Crippen LogP contribution in [0.25, 0.3) is 0 Å². The highest BCUT2D eigenvalue weighted by Crippen LogP contribution is 2.18. The van der Waals surface area contributed by atoms with Crippen LogP contribution in [-0.4, -0.2) is 55.5 Å². The highest BCUT2D eigenvalue weighted by molar-refractivity contribution is 14.0. The molecule has 0 saturated heterocycles. The Bertz CT molecular complexity index is 627. The second kappa shape index (κ2) is 11.5. The van der Waals surface area contributed by atoms with Crippen molar-refractivity contribution in [1.29, 1.82) is 0 Å². The molecule has 7 heteroatoms. The first-order chi connectivity index (χ1) is 12.4. The van der Waals surface area contributed by atoms with Crippen LogP contribution in [0, 0.1) is 0 Å². The molecule has 1 aliphatic rings. The molecule has 1 aromatic rings. The van der Waals surface area contributed by atoms with Crippen molar-refractivity contribution in [3.05, 3.63) is 35.4 Å². The highest BCUT2D eigenvalue weighted by Gasteiger charge is 2.15. The Morgan fingerprint density at radius 2 is 1.89 bits per heavy atom. The van der Waals surface area contributed by atoms with Crippen molar-refractivity contribution in [2.24, 2.45) is 4.99 Å². The lowest BCUT2D eigenvalue weighted by Gasteiger charge is -2.28. The molecule has 0 saturated carbocycles. The van der Waals surface area contributed by atoms with Gasteiger partial charge in [0.05, 0.1) is 6.54 Å². The molecule has 0 fully saturated rings. The van der Waals surface area contributed by atoms with Crippen LogP contribution in [0.5, 0.6) is 0 Å². The maximum absolute atomic E-state index is 11.9. The number of guanidine groups is 1. The largest absolute Gasteiger partial charge is 0.356 e. The minimum Gasteiger partial charge on any atom is -0.356 e. The zero-order chi connectivity index (χ0) is 19.0. The van der Waals surface area contributed by atoms with Crippen molar-refractivity contribution in [2.75, 3.05) is 33.2 Å². The van der Waals surface area contributed by atoms with Crippen molar-refractivity contribution in [1.82, 2.24) is 20.9 Å². The molecule has 27 heavy (non-hydrogen) atoms. The fourth-order valence-corrected chi connectivity index (χ4v) is 3.10. The summed E-state index contributed by atoms with van der Waals surface area (Å²) in [6, 6.07) is 8.71. The number of rotatable bonds is 6. The number of nitrogens with zero attached hydrogens (tertiary/aromatic N) is 2. The molecule has 0 aromatic heterocycles. The first-order valence-corrected chi connectivity index (χ1v) is 9.42. The van der Waals surface area contributed by atoms with E-state index in [0.717, 1.165) is 39.0 Å². The van der Waals surface area contributed by atoms with Gasteiger partial charge in [-0.15, -0.1) is 24.0 Å². The van der Waals surface area contributed by atoms with E-state index in [0.29, 0.717) is 5.96 Å². The van der Waals surface area contributed by atoms with Gasteiger partial charge in [0, 0.05) is 38.8 Å². The zero-order valence-corrected chi connectivity index (χ0v) is 19.3. The van der Waals surface area contributed by atoms with Gasteiger partial charge in [-0.05, 0) is 44.7 Å². The van der Waals surface area contributed by atoms with Gasteiger partial charge in [-0.2, -0.15) is 0 Å². The number of carbonyl (C=O) groups is 1. The van der Waals surface area contributed by atoms with Crippen molar-refractivity contribution in [3.8, 4) is 0 Å². The lowest BCUT2D eigenvalue weighted by atomic mass is 10.00. The van der Waals surface area contributed by atoms with Gasteiger partial charge in [-0.3, -0.25) is 14.7 Å². The molecule has 2 rings (SSSR count). The topological polar surface area (TPSA) is 68.8 Å². The fraction of sp³-hybridized carbons (Fsp3) is 0.600. The molecule has 152 valence electrons. The SMILES string of the molecule is CN=C(NCCCN1CCc2ccccc2C1)NCC(=O)NC(C)(C)C.I. The van der Waals surface area contributed by atoms with Crippen molar-refractivity contribution in [3.63, 3.8) is 0 Å². The number of halogens is 1. The van der Waals surface area contributed by atoms with Gasteiger partial charge in [0.25, 0.3) is 0 Å². The zero-order valence-electron chi connectivity index (χ0n) is 17.0. The average molecular weight is 487 g/mol. The van der Waals surface area contributed by atoms with Crippen LogP contribution in [0.1, 0.15) is 38.3 Å². The van der Waals surface area contributed by atoms with Gasteiger partial charge >= 0.3 is 0 Å². The average Bonchev–Trinajstić information content (AvgIpc) is 2.59. The Morgan fingerprint density at radius 1 is 1.19 bits per heavy atom.